The third-order valence-corrected chi connectivity index (χ3v) is 4.41. The third kappa shape index (κ3) is 2.59. The summed E-state index contributed by atoms with van der Waals surface area (Å²) in [6.45, 7) is 3.23. The van der Waals surface area contributed by atoms with E-state index in [0.717, 1.165) is 19.6 Å². The molecule has 0 amide bonds. The van der Waals surface area contributed by atoms with Gasteiger partial charge >= 0.3 is 0 Å². The Morgan fingerprint density at radius 1 is 1.33 bits per heavy atom. The fraction of sp³-hybridized carbons (Fsp3) is 0.786. The van der Waals surface area contributed by atoms with Crippen LogP contribution in [0.2, 0.25) is 0 Å². The molecule has 1 N–H and O–H groups in total. The lowest BCUT2D eigenvalue weighted by Gasteiger charge is -2.35. The predicted molar refractivity (Wildman–Crippen MR) is 72.5 cm³/mol. The van der Waals surface area contributed by atoms with Crippen LogP contribution in [-0.2, 0) is 6.54 Å². The number of nitrogens with one attached hydrogen (secondary N) is 1. The van der Waals surface area contributed by atoms with Crippen molar-refractivity contribution in [2.24, 2.45) is 0 Å². The molecule has 1 saturated heterocycles. The van der Waals surface area contributed by atoms with Gasteiger partial charge in [0.15, 0.2) is 0 Å². The molecule has 0 atom stereocenters. The van der Waals surface area contributed by atoms with E-state index in [1.165, 1.54) is 37.8 Å². The van der Waals surface area contributed by atoms with Crippen LogP contribution in [0.15, 0.2) is 12.3 Å². The maximum Gasteiger partial charge on any atom is 0.0764 e. The molecule has 1 aliphatic heterocycles. The Kier molecular flexibility index (Phi) is 3.66. The average Bonchev–Trinajstić information content (AvgIpc) is 2.76. The summed E-state index contributed by atoms with van der Waals surface area (Å²) < 4.78 is 2.21. The zero-order valence-corrected chi connectivity index (χ0v) is 11.3. The highest BCUT2D eigenvalue weighted by molar-refractivity contribution is 5.01. The highest BCUT2D eigenvalue weighted by atomic mass is 15.3. The number of hydrogen-bond donors (Lipinski definition) is 1. The van der Waals surface area contributed by atoms with Gasteiger partial charge in [-0.3, -0.25) is 9.58 Å². The van der Waals surface area contributed by atoms with Crippen LogP contribution in [0.1, 0.15) is 43.8 Å². The van der Waals surface area contributed by atoms with Crippen LogP contribution in [0.4, 0.5) is 0 Å². The summed E-state index contributed by atoms with van der Waals surface area (Å²) in [5.74, 6) is 0. The Hall–Kier alpha value is -0.870. The zero-order valence-electron chi connectivity index (χ0n) is 11.3. The molecule has 0 bridgehead atoms. The molecule has 0 unspecified atom stereocenters. The van der Waals surface area contributed by atoms with E-state index in [0.29, 0.717) is 12.1 Å². The van der Waals surface area contributed by atoms with Crippen LogP contribution in [0, 0.1) is 0 Å². The van der Waals surface area contributed by atoms with Gasteiger partial charge in [-0.1, -0.05) is 19.3 Å². The second-order valence-electron chi connectivity index (χ2n) is 5.81. The van der Waals surface area contributed by atoms with Gasteiger partial charge in [0.2, 0.25) is 0 Å². The van der Waals surface area contributed by atoms with E-state index in [-0.39, 0.29) is 0 Å². The quantitative estimate of drug-likeness (QED) is 0.882. The molecule has 1 saturated carbocycles. The molecule has 4 heteroatoms. The molecule has 1 aromatic rings. The van der Waals surface area contributed by atoms with Crippen molar-refractivity contribution >= 4 is 0 Å². The maximum atomic E-state index is 4.77. The first-order valence-electron chi connectivity index (χ1n) is 7.28. The van der Waals surface area contributed by atoms with Gasteiger partial charge in [-0.2, -0.15) is 5.10 Å². The summed E-state index contributed by atoms with van der Waals surface area (Å²) in [6, 6.07) is 3.55. The SMILES string of the molecule is CN(Cc1ccn(C2CCCCC2)n1)C1CNC1. The third-order valence-electron chi connectivity index (χ3n) is 4.41. The summed E-state index contributed by atoms with van der Waals surface area (Å²) in [6.07, 6.45) is 8.94. The largest absolute Gasteiger partial charge is 0.314 e. The maximum absolute atomic E-state index is 4.77. The van der Waals surface area contributed by atoms with E-state index < -0.39 is 0 Å². The van der Waals surface area contributed by atoms with Crippen LogP contribution in [0.3, 0.4) is 0 Å². The van der Waals surface area contributed by atoms with Gasteiger partial charge in [0.25, 0.3) is 0 Å². The Morgan fingerprint density at radius 2 is 2.11 bits per heavy atom. The van der Waals surface area contributed by atoms with Crippen LogP contribution in [-0.4, -0.2) is 40.9 Å². The first-order chi connectivity index (χ1) is 8.83. The molecule has 100 valence electrons. The molecule has 0 aromatic carbocycles. The highest BCUT2D eigenvalue weighted by Gasteiger charge is 2.22. The molecule has 4 nitrogen and oxygen atoms in total. The summed E-state index contributed by atoms with van der Waals surface area (Å²) in [5.41, 5.74) is 1.22. The first-order valence-corrected chi connectivity index (χ1v) is 7.28. The molecular weight excluding hydrogens is 224 g/mol. The topological polar surface area (TPSA) is 33.1 Å². The Bertz CT molecular complexity index is 377. The molecule has 2 fully saturated rings. The minimum Gasteiger partial charge on any atom is -0.314 e. The number of hydrogen-bond acceptors (Lipinski definition) is 3. The molecule has 1 aromatic heterocycles. The lowest BCUT2D eigenvalue weighted by Crippen LogP contribution is -2.55. The van der Waals surface area contributed by atoms with E-state index in [9.17, 15) is 0 Å². The van der Waals surface area contributed by atoms with Gasteiger partial charge < -0.3 is 5.32 Å². The number of nitrogens with zero attached hydrogens (tertiary/aromatic N) is 3. The number of aromatic nitrogens is 2. The van der Waals surface area contributed by atoms with Gasteiger partial charge in [-0.05, 0) is 26.0 Å². The van der Waals surface area contributed by atoms with Crippen molar-refractivity contribution in [3.63, 3.8) is 0 Å². The van der Waals surface area contributed by atoms with E-state index >= 15 is 0 Å². The summed E-state index contributed by atoms with van der Waals surface area (Å²) >= 11 is 0. The van der Waals surface area contributed by atoms with Gasteiger partial charge in [-0.15, -0.1) is 0 Å². The Morgan fingerprint density at radius 3 is 2.78 bits per heavy atom. The van der Waals surface area contributed by atoms with Crippen molar-refractivity contribution in [2.45, 2.75) is 50.7 Å². The van der Waals surface area contributed by atoms with Crippen molar-refractivity contribution < 1.29 is 0 Å². The van der Waals surface area contributed by atoms with Crippen molar-refractivity contribution in [2.75, 3.05) is 20.1 Å². The lowest BCUT2D eigenvalue weighted by atomic mass is 9.96. The zero-order chi connectivity index (χ0) is 12.4. The second kappa shape index (κ2) is 5.41. The lowest BCUT2D eigenvalue weighted by molar-refractivity contribution is 0.170. The number of likely N-dealkylation sites (N-methyl/N-ethyl adjacent to an activating group) is 1. The van der Waals surface area contributed by atoms with Crippen LogP contribution in [0.25, 0.3) is 0 Å². The summed E-state index contributed by atoms with van der Waals surface area (Å²) in [5, 5.41) is 8.09. The smallest absolute Gasteiger partial charge is 0.0764 e. The van der Waals surface area contributed by atoms with Gasteiger partial charge in [0, 0.05) is 31.9 Å². The molecule has 2 heterocycles. The normalized spacial score (nSPS) is 22.3. The van der Waals surface area contributed by atoms with E-state index in [1.54, 1.807) is 0 Å². The van der Waals surface area contributed by atoms with E-state index in [4.69, 9.17) is 5.10 Å². The minimum absolute atomic E-state index is 0.656. The highest BCUT2D eigenvalue weighted by Crippen LogP contribution is 2.27. The van der Waals surface area contributed by atoms with Crippen LogP contribution in [0.5, 0.6) is 0 Å². The van der Waals surface area contributed by atoms with Crippen molar-refractivity contribution in [3.05, 3.63) is 18.0 Å². The molecule has 18 heavy (non-hydrogen) atoms. The second-order valence-corrected chi connectivity index (χ2v) is 5.81. The standard InChI is InChI=1S/C14H24N4/c1-17(14-9-15-10-14)11-12-7-8-18(16-12)13-5-3-2-4-6-13/h7-8,13-15H,2-6,9-11H2,1H3. The molecular formula is C14H24N4. The fourth-order valence-corrected chi connectivity index (χ4v) is 2.98. The van der Waals surface area contributed by atoms with Crippen molar-refractivity contribution in [3.8, 4) is 0 Å². The van der Waals surface area contributed by atoms with Crippen LogP contribution >= 0.6 is 0 Å². The Balaban J connectivity index is 1.58. The summed E-state index contributed by atoms with van der Waals surface area (Å²) in [7, 11) is 2.20. The first kappa shape index (κ1) is 12.2. The molecule has 2 aliphatic rings. The van der Waals surface area contributed by atoms with Crippen LogP contribution < -0.4 is 5.32 Å². The monoisotopic (exact) mass is 248 g/mol. The van der Waals surface area contributed by atoms with Crippen molar-refractivity contribution in [1.29, 1.82) is 0 Å². The molecule has 0 radical (unpaired) electrons. The average molecular weight is 248 g/mol. The summed E-state index contributed by atoms with van der Waals surface area (Å²) in [4.78, 5) is 2.41. The molecule has 1 aliphatic carbocycles. The Labute approximate surface area is 109 Å². The molecule has 0 spiro atoms. The van der Waals surface area contributed by atoms with E-state index in [1.807, 2.05) is 0 Å². The van der Waals surface area contributed by atoms with Crippen molar-refractivity contribution in [1.82, 2.24) is 20.0 Å². The van der Waals surface area contributed by atoms with Gasteiger partial charge in [0.1, 0.15) is 0 Å². The number of rotatable bonds is 4. The minimum atomic E-state index is 0.656. The molecule has 3 rings (SSSR count). The van der Waals surface area contributed by atoms with Gasteiger partial charge in [-0.25, -0.2) is 0 Å². The van der Waals surface area contributed by atoms with E-state index in [2.05, 4.69) is 34.2 Å². The predicted octanol–water partition coefficient (Wildman–Crippen LogP) is 1.79. The fourth-order valence-electron chi connectivity index (χ4n) is 2.98. The van der Waals surface area contributed by atoms with Gasteiger partial charge in [0.05, 0.1) is 11.7 Å².